The van der Waals surface area contributed by atoms with Crippen LogP contribution < -0.4 is 0 Å². The summed E-state index contributed by atoms with van der Waals surface area (Å²) in [4.78, 5) is 9.83. The average Bonchev–Trinajstić information content (AvgIpc) is 1.80. The van der Waals surface area contributed by atoms with Gasteiger partial charge in [-0.2, -0.15) is 26.3 Å². The summed E-state index contributed by atoms with van der Waals surface area (Å²) in [5.74, 6) is -3.05. The summed E-state index contributed by atoms with van der Waals surface area (Å²) in [6.07, 6.45) is -11.9. The first kappa shape index (κ1) is 17.2. The van der Waals surface area contributed by atoms with Crippen LogP contribution in [0.25, 0.3) is 0 Å². The monoisotopic (exact) mass is 316 g/mol. The van der Waals surface area contributed by atoms with Crippen LogP contribution in [-0.2, 0) is 4.79 Å². The zero-order valence-corrected chi connectivity index (χ0v) is 7.09. The number of hydrogen-bond donors (Lipinski definition) is 1. The van der Waals surface area contributed by atoms with Gasteiger partial charge in [0.2, 0.25) is 0 Å². The standard InChI is InChI=1S/C4HBrF6O2.Ca.2H/c5-2(1(12)13,3(6,7)8)4(9,10)11;;;/h(H,12,13);;;. The van der Waals surface area contributed by atoms with Gasteiger partial charge in [-0.15, -0.1) is 0 Å². The Bertz CT molecular complexity index is 209. The van der Waals surface area contributed by atoms with Crippen molar-refractivity contribution < 1.29 is 36.2 Å². The quantitative estimate of drug-likeness (QED) is 0.451. The summed E-state index contributed by atoms with van der Waals surface area (Å²) >= 11 is 1.14. The molecule has 0 saturated carbocycles. The van der Waals surface area contributed by atoms with E-state index in [0.29, 0.717) is 0 Å². The van der Waals surface area contributed by atoms with Crippen molar-refractivity contribution in [3.8, 4) is 0 Å². The third-order valence-electron chi connectivity index (χ3n) is 1.08. The SMILES string of the molecule is O=C(O)C(Br)(C(F)(F)F)C(F)(F)F.[CaH2]. The van der Waals surface area contributed by atoms with Gasteiger partial charge in [-0.1, -0.05) is 15.9 Å². The molecule has 0 aromatic heterocycles. The van der Waals surface area contributed by atoms with Gasteiger partial charge in [-0.3, -0.25) is 0 Å². The van der Waals surface area contributed by atoms with Gasteiger partial charge in [-0.05, 0) is 0 Å². The second kappa shape index (κ2) is 4.75. The maximum absolute atomic E-state index is 11.7. The summed E-state index contributed by atoms with van der Waals surface area (Å²) in [5, 5.41) is 7.82. The van der Waals surface area contributed by atoms with Crippen molar-refractivity contribution >= 4 is 59.6 Å². The van der Waals surface area contributed by atoms with Gasteiger partial charge in [0.15, 0.2) is 0 Å². The first-order valence-electron chi connectivity index (χ1n) is 2.50. The van der Waals surface area contributed by atoms with Gasteiger partial charge in [0, 0.05) is 0 Å². The van der Waals surface area contributed by atoms with E-state index in [-0.39, 0.29) is 37.7 Å². The molecule has 0 saturated heterocycles. The number of alkyl halides is 7. The number of halogens is 7. The molecule has 82 valence electrons. The Morgan fingerprint density at radius 1 is 1.00 bits per heavy atom. The van der Waals surface area contributed by atoms with E-state index >= 15 is 0 Å². The third kappa shape index (κ3) is 2.89. The first-order valence-corrected chi connectivity index (χ1v) is 3.29. The fraction of sp³-hybridized carbons (Fsp3) is 0.750. The fourth-order valence-electron chi connectivity index (χ4n) is 0.403. The molecular formula is C4H3BrCaF6O2. The predicted octanol–water partition coefficient (Wildman–Crippen LogP) is 1.41. The molecule has 0 spiro atoms. The van der Waals surface area contributed by atoms with Crippen LogP contribution in [0.3, 0.4) is 0 Å². The Labute approximate surface area is 112 Å². The molecule has 0 rings (SSSR count). The summed E-state index contributed by atoms with van der Waals surface area (Å²) in [6.45, 7) is 0. The van der Waals surface area contributed by atoms with E-state index < -0.39 is 22.6 Å². The first-order chi connectivity index (χ1) is 5.44. The molecule has 0 aromatic carbocycles. The molecule has 10 heteroatoms. The number of rotatable bonds is 1. The molecule has 0 radical (unpaired) electrons. The normalized spacial score (nSPS) is 13.4. The molecule has 0 aliphatic carbocycles. The Morgan fingerprint density at radius 2 is 1.21 bits per heavy atom. The Kier molecular flexibility index (Phi) is 5.83. The van der Waals surface area contributed by atoms with Crippen molar-refractivity contribution in [2.24, 2.45) is 0 Å². The molecule has 14 heavy (non-hydrogen) atoms. The predicted molar refractivity (Wildman–Crippen MR) is 39.9 cm³/mol. The topological polar surface area (TPSA) is 37.3 Å². The zero-order valence-electron chi connectivity index (χ0n) is 5.50. The fourth-order valence-corrected chi connectivity index (χ4v) is 0.403. The van der Waals surface area contributed by atoms with Crippen LogP contribution in [0.15, 0.2) is 0 Å². The second-order valence-corrected chi connectivity index (χ2v) is 3.15. The Hall–Kier alpha value is 0.790. The Morgan fingerprint density at radius 3 is 1.21 bits per heavy atom. The number of aliphatic carboxylic acids is 1. The van der Waals surface area contributed by atoms with Crippen molar-refractivity contribution in [3.05, 3.63) is 0 Å². The number of carboxylic acid groups (broad SMARTS) is 1. The van der Waals surface area contributed by atoms with E-state index in [0.717, 1.165) is 15.9 Å². The van der Waals surface area contributed by atoms with Gasteiger partial charge in [-0.25, -0.2) is 4.79 Å². The van der Waals surface area contributed by atoms with Crippen molar-refractivity contribution in [2.45, 2.75) is 16.7 Å². The molecule has 0 atom stereocenters. The van der Waals surface area contributed by atoms with Crippen LogP contribution in [0.2, 0.25) is 0 Å². The molecule has 0 aromatic rings. The molecule has 0 bridgehead atoms. The minimum absolute atomic E-state index is 0. The van der Waals surface area contributed by atoms with Crippen LogP contribution in [0.1, 0.15) is 0 Å². The Balaban J connectivity index is 0. The third-order valence-corrected chi connectivity index (χ3v) is 2.31. The molecular weight excluding hydrogens is 314 g/mol. The summed E-state index contributed by atoms with van der Waals surface area (Å²) in [5.41, 5.74) is 0. The molecule has 0 amide bonds. The molecule has 0 fully saturated rings. The van der Waals surface area contributed by atoms with Gasteiger partial charge < -0.3 is 5.11 Å². The van der Waals surface area contributed by atoms with Gasteiger partial charge in [0.05, 0.1) is 0 Å². The summed E-state index contributed by atoms with van der Waals surface area (Å²) in [6, 6.07) is 0. The number of carboxylic acids is 1. The average molecular weight is 317 g/mol. The molecule has 2 nitrogen and oxygen atoms in total. The molecule has 0 unspecified atom stereocenters. The van der Waals surface area contributed by atoms with E-state index in [9.17, 15) is 31.1 Å². The van der Waals surface area contributed by atoms with Gasteiger partial charge >= 0.3 is 60.4 Å². The van der Waals surface area contributed by atoms with E-state index in [4.69, 9.17) is 5.11 Å². The molecule has 1 N–H and O–H groups in total. The van der Waals surface area contributed by atoms with Crippen LogP contribution in [0.5, 0.6) is 0 Å². The summed E-state index contributed by atoms with van der Waals surface area (Å²) in [7, 11) is 0. The van der Waals surface area contributed by atoms with Crippen molar-refractivity contribution in [2.75, 3.05) is 0 Å². The van der Waals surface area contributed by atoms with Crippen molar-refractivity contribution in [3.63, 3.8) is 0 Å². The number of carbonyl (C=O) groups is 1. The van der Waals surface area contributed by atoms with Crippen LogP contribution >= 0.6 is 15.9 Å². The van der Waals surface area contributed by atoms with E-state index in [2.05, 4.69) is 0 Å². The maximum atomic E-state index is 11.7. The zero-order chi connectivity index (χ0) is 11.1. The molecule has 0 heterocycles. The van der Waals surface area contributed by atoms with Gasteiger partial charge in [0.25, 0.3) is 0 Å². The number of hydrogen-bond acceptors (Lipinski definition) is 1. The second-order valence-electron chi connectivity index (χ2n) is 1.96. The summed E-state index contributed by atoms with van der Waals surface area (Å²) < 4.78 is 65.3. The van der Waals surface area contributed by atoms with E-state index in [1.54, 1.807) is 0 Å². The van der Waals surface area contributed by atoms with E-state index in [1.807, 2.05) is 0 Å². The van der Waals surface area contributed by atoms with Crippen LogP contribution in [0.4, 0.5) is 26.3 Å². The minimum atomic E-state index is -5.95. The molecule has 0 aliphatic rings. The van der Waals surface area contributed by atoms with Crippen molar-refractivity contribution in [1.29, 1.82) is 0 Å². The van der Waals surface area contributed by atoms with Crippen LogP contribution in [-0.4, -0.2) is 65.5 Å². The van der Waals surface area contributed by atoms with Crippen molar-refractivity contribution in [1.82, 2.24) is 0 Å². The van der Waals surface area contributed by atoms with E-state index in [1.165, 1.54) is 0 Å². The van der Waals surface area contributed by atoms with Crippen LogP contribution in [0, 0.1) is 0 Å². The van der Waals surface area contributed by atoms with Gasteiger partial charge in [0.1, 0.15) is 0 Å². The molecule has 0 aliphatic heterocycles.